The van der Waals surface area contributed by atoms with Crippen LogP contribution in [0.3, 0.4) is 0 Å². The van der Waals surface area contributed by atoms with Crippen LogP contribution in [0.15, 0.2) is 72.6 Å². The lowest BCUT2D eigenvalue weighted by molar-refractivity contribution is 0.101. The molecule has 162 valence electrons. The molecular formula is C24H24N6OS. The maximum absolute atomic E-state index is 12.9. The van der Waals surface area contributed by atoms with Crippen molar-refractivity contribution in [1.29, 1.82) is 0 Å². The molecule has 4 aromatic heterocycles. The highest BCUT2D eigenvalue weighted by atomic mass is 32.1. The summed E-state index contributed by atoms with van der Waals surface area (Å²) in [5.41, 5.74) is 2.74. The van der Waals surface area contributed by atoms with Crippen LogP contribution in [-0.4, -0.2) is 38.5 Å². The topological polar surface area (TPSA) is 75.9 Å². The van der Waals surface area contributed by atoms with Crippen molar-refractivity contribution in [2.75, 3.05) is 23.3 Å². The van der Waals surface area contributed by atoms with E-state index in [1.807, 2.05) is 53.4 Å². The van der Waals surface area contributed by atoms with Crippen molar-refractivity contribution < 1.29 is 4.79 Å². The number of pyridine rings is 2. The molecule has 1 fully saturated rings. The van der Waals surface area contributed by atoms with Crippen LogP contribution in [0.5, 0.6) is 0 Å². The fourth-order valence-corrected chi connectivity index (χ4v) is 4.89. The lowest BCUT2D eigenvalue weighted by Gasteiger charge is -2.32. The van der Waals surface area contributed by atoms with Gasteiger partial charge in [-0.25, -0.2) is 9.97 Å². The molecule has 8 heteroatoms. The van der Waals surface area contributed by atoms with E-state index in [9.17, 15) is 4.79 Å². The molecule has 1 unspecified atom stereocenters. The number of carbonyl (C=O) groups is 1. The minimum absolute atomic E-state index is 0.149. The van der Waals surface area contributed by atoms with Gasteiger partial charge in [-0.2, -0.15) is 0 Å². The Balaban J connectivity index is 1.25. The lowest BCUT2D eigenvalue weighted by Crippen LogP contribution is -2.35. The van der Waals surface area contributed by atoms with E-state index in [0.717, 1.165) is 43.0 Å². The first kappa shape index (κ1) is 20.4. The molecule has 1 saturated heterocycles. The van der Waals surface area contributed by atoms with Gasteiger partial charge in [-0.05, 0) is 54.8 Å². The van der Waals surface area contributed by atoms with E-state index < -0.39 is 0 Å². The van der Waals surface area contributed by atoms with Crippen LogP contribution in [-0.2, 0) is 6.54 Å². The Morgan fingerprint density at radius 3 is 2.88 bits per heavy atom. The fraction of sp³-hybridized carbons (Fsp3) is 0.250. The van der Waals surface area contributed by atoms with Gasteiger partial charge in [-0.3, -0.25) is 15.1 Å². The summed E-state index contributed by atoms with van der Waals surface area (Å²) in [4.78, 5) is 28.5. The van der Waals surface area contributed by atoms with Crippen LogP contribution in [0.4, 0.5) is 10.9 Å². The normalized spacial score (nSPS) is 16.1. The van der Waals surface area contributed by atoms with E-state index in [0.29, 0.717) is 23.3 Å². The first-order valence-electron chi connectivity index (χ1n) is 10.7. The molecule has 0 spiro atoms. The number of carbonyl (C=O) groups excluding carboxylic acids is 1. The second-order valence-corrected chi connectivity index (χ2v) is 8.74. The standard InChI is InChI=1S/C24H24N6OS/c31-23(21-6-4-13-29(21)15-18-8-11-25-12-9-18)28-24-27-20(17-32-24)19-5-3-14-30(16-19)22-7-1-2-10-26-22/h1-2,4,6-13,17,19H,3,5,14-16H2,(H,27,28,31). The van der Waals surface area contributed by atoms with Crippen molar-refractivity contribution in [3.63, 3.8) is 0 Å². The molecule has 0 saturated carbocycles. The SMILES string of the molecule is O=C(Nc1nc(C2CCCN(c3ccccn3)C2)cs1)c1cccn1Cc1ccncc1. The van der Waals surface area contributed by atoms with Crippen molar-refractivity contribution in [3.8, 4) is 0 Å². The molecule has 1 amide bonds. The maximum Gasteiger partial charge on any atom is 0.274 e. The second-order valence-electron chi connectivity index (χ2n) is 7.88. The zero-order valence-corrected chi connectivity index (χ0v) is 18.4. The molecule has 0 aromatic carbocycles. The van der Waals surface area contributed by atoms with Crippen molar-refractivity contribution >= 4 is 28.2 Å². The first-order chi connectivity index (χ1) is 15.8. The largest absolute Gasteiger partial charge is 0.356 e. The predicted octanol–water partition coefficient (Wildman–Crippen LogP) is 4.42. The predicted molar refractivity (Wildman–Crippen MR) is 126 cm³/mol. The minimum Gasteiger partial charge on any atom is -0.356 e. The van der Waals surface area contributed by atoms with E-state index in [1.54, 1.807) is 12.4 Å². The fourth-order valence-electron chi connectivity index (χ4n) is 4.10. The number of anilines is 2. The number of nitrogens with one attached hydrogen (secondary N) is 1. The van der Waals surface area contributed by atoms with Gasteiger partial charge in [0.15, 0.2) is 5.13 Å². The molecule has 1 aliphatic heterocycles. The van der Waals surface area contributed by atoms with E-state index in [-0.39, 0.29) is 5.91 Å². The molecule has 0 bridgehead atoms. The minimum atomic E-state index is -0.149. The molecule has 1 atom stereocenters. The van der Waals surface area contributed by atoms with Crippen molar-refractivity contribution in [2.24, 2.45) is 0 Å². The number of aromatic nitrogens is 4. The molecule has 7 nitrogen and oxygen atoms in total. The summed E-state index contributed by atoms with van der Waals surface area (Å²) < 4.78 is 1.94. The third-order valence-electron chi connectivity index (χ3n) is 5.72. The van der Waals surface area contributed by atoms with Crippen LogP contribution in [0, 0.1) is 0 Å². The Hall–Kier alpha value is -3.52. The summed E-state index contributed by atoms with van der Waals surface area (Å²) in [7, 11) is 0. The Labute approximate surface area is 190 Å². The number of piperidine rings is 1. The van der Waals surface area contributed by atoms with E-state index in [2.05, 4.69) is 31.6 Å². The molecule has 1 aliphatic rings. The van der Waals surface area contributed by atoms with Gasteiger partial charge >= 0.3 is 0 Å². The summed E-state index contributed by atoms with van der Waals surface area (Å²) >= 11 is 1.48. The van der Waals surface area contributed by atoms with Crippen molar-refractivity contribution in [2.45, 2.75) is 25.3 Å². The third kappa shape index (κ3) is 4.55. The molecule has 5 heterocycles. The number of hydrogen-bond acceptors (Lipinski definition) is 6. The molecule has 1 N–H and O–H groups in total. The van der Waals surface area contributed by atoms with Crippen LogP contribution in [0.25, 0.3) is 0 Å². The molecule has 5 rings (SSSR count). The third-order valence-corrected chi connectivity index (χ3v) is 6.50. The van der Waals surface area contributed by atoms with Gasteiger partial charge in [0.1, 0.15) is 11.5 Å². The highest BCUT2D eigenvalue weighted by Crippen LogP contribution is 2.31. The van der Waals surface area contributed by atoms with Gasteiger partial charge in [0, 0.05) is 55.7 Å². The number of nitrogens with zero attached hydrogens (tertiary/aromatic N) is 5. The lowest BCUT2D eigenvalue weighted by atomic mass is 9.95. The summed E-state index contributed by atoms with van der Waals surface area (Å²) in [6.07, 6.45) is 9.46. The Morgan fingerprint density at radius 2 is 2.03 bits per heavy atom. The Morgan fingerprint density at radius 1 is 1.12 bits per heavy atom. The van der Waals surface area contributed by atoms with E-state index >= 15 is 0 Å². The van der Waals surface area contributed by atoms with Gasteiger partial charge in [-0.1, -0.05) is 6.07 Å². The van der Waals surface area contributed by atoms with Crippen LogP contribution in [0.2, 0.25) is 0 Å². The van der Waals surface area contributed by atoms with Gasteiger partial charge in [0.05, 0.1) is 5.69 Å². The molecular weight excluding hydrogens is 420 g/mol. The summed E-state index contributed by atoms with van der Waals surface area (Å²) in [5.74, 6) is 1.20. The Bertz CT molecular complexity index is 1170. The zero-order valence-electron chi connectivity index (χ0n) is 17.6. The van der Waals surface area contributed by atoms with E-state index in [4.69, 9.17) is 4.98 Å². The molecule has 4 aromatic rings. The van der Waals surface area contributed by atoms with Gasteiger partial charge in [0.25, 0.3) is 5.91 Å². The highest BCUT2D eigenvalue weighted by molar-refractivity contribution is 7.14. The summed E-state index contributed by atoms with van der Waals surface area (Å²) in [5, 5.41) is 5.69. The Kier molecular flexibility index (Phi) is 5.93. The zero-order chi connectivity index (χ0) is 21.8. The van der Waals surface area contributed by atoms with Gasteiger partial charge in [0.2, 0.25) is 0 Å². The average molecular weight is 445 g/mol. The second kappa shape index (κ2) is 9.32. The average Bonchev–Trinajstić information content (AvgIpc) is 3.50. The molecule has 0 radical (unpaired) electrons. The number of thiazole rings is 1. The van der Waals surface area contributed by atoms with Crippen molar-refractivity contribution in [3.05, 3.63) is 89.6 Å². The quantitative estimate of drug-likeness (QED) is 0.476. The van der Waals surface area contributed by atoms with E-state index in [1.165, 1.54) is 11.3 Å². The highest BCUT2D eigenvalue weighted by Gasteiger charge is 2.24. The summed E-state index contributed by atoms with van der Waals surface area (Å²) in [6, 6.07) is 13.6. The van der Waals surface area contributed by atoms with Crippen molar-refractivity contribution in [1.82, 2.24) is 19.5 Å². The number of rotatable bonds is 6. The van der Waals surface area contributed by atoms with Crippen LogP contribution in [0.1, 0.15) is 40.5 Å². The number of amides is 1. The summed E-state index contributed by atoms with van der Waals surface area (Å²) in [6.45, 7) is 2.52. The monoisotopic (exact) mass is 444 g/mol. The van der Waals surface area contributed by atoms with Crippen LogP contribution < -0.4 is 10.2 Å². The number of hydrogen-bond donors (Lipinski definition) is 1. The first-order valence-corrected chi connectivity index (χ1v) is 11.6. The van der Waals surface area contributed by atoms with Gasteiger partial charge < -0.3 is 9.47 Å². The smallest absolute Gasteiger partial charge is 0.274 e. The van der Waals surface area contributed by atoms with Crippen LogP contribution >= 0.6 is 11.3 Å². The molecule has 32 heavy (non-hydrogen) atoms. The van der Waals surface area contributed by atoms with Gasteiger partial charge in [-0.15, -0.1) is 11.3 Å². The molecule has 0 aliphatic carbocycles. The maximum atomic E-state index is 12.9.